The second-order valence-electron chi connectivity index (χ2n) is 3.74. The minimum absolute atomic E-state index is 0.672. The van der Waals surface area contributed by atoms with Crippen LogP contribution in [0.4, 0.5) is 11.4 Å². The van der Waals surface area contributed by atoms with Gasteiger partial charge in [-0.2, -0.15) is 10.2 Å². The summed E-state index contributed by atoms with van der Waals surface area (Å²) in [7, 11) is 0. The molecule has 17 heavy (non-hydrogen) atoms. The van der Waals surface area contributed by atoms with Gasteiger partial charge in [-0.25, -0.2) is 0 Å². The molecule has 0 saturated heterocycles. The van der Waals surface area contributed by atoms with Gasteiger partial charge in [0.1, 0.15) is 0 Å². The molecule has 0 radical (unpaired) electrons. The Kier molecular flexibility index (Phi) is 4.00. The summed E-state index contributed by atoms with van der Waals surface area (Å²) in [5.74, 6) is 0. The SMILES string of the molecule is NCCc1ccc(N=Nc2ccccc2)cc1. The minimum Gasteiger partial charge on any atom is -0.330 e. The van der Waals surface area contributed by atoms with Gasteiger partial charge >= 0.3 is 0 Å². The molecule has 2 aromatic carbocycles. The van der Waals surface area contributed by atoms with Crippen molar-refractivity contribution in [1.82, 2.24) is 0 Å². The zero-order valence-corrected chi connectivity index (χ0v) is 9.58. The van der Waals surface area contributed by atoms with Crippen LogP contribution >= 0.6 is 0 Å². The van der Waals surface area contributed by atoms with Crippen molar-refractivity contribution in [3.63, 3.8) is 0 Å². The van der Waals surface area contributed by atoms with Crippen LogP contribution in [0.15, 0.2) is 64.8 Å². The summed E-state index contributed by atoms with van der Waals surface area (Å²) in [5.41, 5.74) is 8.44. The highest BCUT2D eigenvalue weighted by Crippen LogP contribution is 2.18. The van der Waals surface area contributed by atoms with Crippen LogP contribution in [0.3, 0.4) is 0 Å². The van der Waals surface area contributed by atoms with Gasteiger partial charge in [0.05, 0.1) is 11.4 Å². The Morgan fingerprint density at radius 1 is 0.765 bits per heavy atom. The monoisotopic (exact) mass is 225 g/mol. The summed E-state index contributed by atoms with van der Waals surface area (Å²) < 4.78 is 0. The van der Waals surface area contributed by atoms with Gasteiger partial charge in [-0.1, -0.05) is 30.3 Å². The van der Waals surface area contributed by atoms with Crippen molar-refractivity contribution in [3.8, 4) is 0 Å². The second-order valence-corrected chi connectivity index (χ2v) is 3.74. The molecule has 2 rings (SSSR count). The van der Waals surface area contributed by atoms with E-state index in [4.69, 9.17) is 5.73 Å². The Morgan fingerprint density at radius 2 is 1.35 bits per heavy atom. The molecule has 0 spiro atoms. The van der Waals surface area contributed by atoms with Crippen LogP contribution in [0.1, 0.15) is 5.56 Å². The van der Waals surface area contributed by atoms with Gasteiger partial charge in [0.2, 0.25) is 0 Å². The van der Waals surface area contributed by atoms with Crippen molar-refractivity contribution in [2.75, 3.05) is 6.54 Å². The lowest BCUT2D eigenvalue weighted by Gasteiger charge is -1.98. The number of nitrogens with two attached hydrogens (primary N) is 1. The zero-order chi connectivity index (χ0) is 11.9. The van der Waals surface area contributed by atoms with Crippen LogP contribution in [0, 0.1) is 0 Å². The molecular formula is C14H15N3. The Labute approximate surface area is 101 Å². The lowest BCUT2D eigenvalue weighted by molar-refractivity contribution is 0.968. The molecule has 2 aromatic rings. The van der Waals surface area contributed by atoms with E-state index < -0.39 is 0 Å². The van der Waals surface area contributed by atoms with Gasteiger partial charge in [0.15, 0.2) is 0 Å². The third kappa shape index (κ3) is 3.50. The van der Waals surface area contributed by atoms with Crippen LogP contribution in [-0.2, 0) is 6.42 Å². The summed E-state index contributed by atoms with van der Waals surface area (Å²) in [5, 5.41) is 8.32. The maximum Gasteiger partial charge on any atom is 0.0857 e. The van der Waals surface area contributed by atoms with E-state index in [1.165, 1.54) is 5.56 Å². The highest BCUT2D eigenvalue weighted by Gasteiger charge is 1.92. The molecule has 0 aromatic heterocycles. The predicted octanol–water partition coefficient (Wildman–Crippen LogP) is 3.60. The lowest BCUT2D eigenvalue weighted by Crippen LogP contribution is -2.01. The normalized spacial score (nSPS) is 10.9. The van der Waals surface area contributed by atoms with E-state index in [9.17, 15) is 0 Å². The quantitative estimate of drug-likeness (QED) is 0.794. The van der Waals surface area contributed by atoms with Gasteiger partial charge < -0.3 is 5.73 Å². The highest BCUT2D eigenvalue weighted by molar-refractivity contribution is 5.40. The molecule has 0 aliphatic heterocycles. The van der Waals surface area contributed by atoms with Crippen molar-refractivity contribution < 1.29 is 0 Å². The maximum absolute atomic E-state index is 5.49. The zero-order valence-electron chi connectivity index (χ0n) is 9.58. The number of rotatable bonds is 4. The van der Waals surface area contributed by atoms with Crippen molar-refractivity contribution >= 4 is 11.4 Å². The van der Waals surface area contributed by atoms with E-state index >= 15 is 0 Å². The molecule has 0 atom stereocenters. The molecule has 0 saturated carbocycles. The van der Waals surface area contributed by atoms with Gasteiger partial charge in [-0.15, -0.1) is 0 Å². The smallest absolute Gasteiger partial charge is 0.0857 e. The summed E-state index contributed by atoms with van der Waals surface area (Å²) >= 11 is 0. The molecule has 0 amide bonds. The molecule has 0 bridgehead atoms. The van der Waals surface area contributed by atoms with Crippen LogP contribution in [0.2, 0.25) is 0 Å². The summed E-state index contributed by atoms with van der Waals surface area (Å²) in [6.45, 7) is 0.672. The Morgan fingerprint density at radius 3 is 1.94 bits per heavy atom. The Hall–Kier alpha value is -2.00. The van der Waals surface area contributed by atoms with Gasteiger partial charge in [0.25, 0.3) is 0 Å². The molecule has 3 heteroatoms. The average Bonchev–Trinajstić information content (AvgIpc) is 2.40. The molecule has 3 nitrogen and oxygen atoms in total. The molecule has 86 valence electrons. The largest absolute Gasteiger partial charge is 0.330 e. The molecule has 2 N–H and O–H groups in total. The van der Waals surface area contributed by atoms with E-state index in [0.29, 0.717) is 6.54 Å². The third-order valence-electron chi connectivity index (χ3n) is 2.41. The lowest BCUT2D eigenvalue weighted by atomic mass is 10.1. The molecular weight excluding hydrogens is 210 g/mol. The first-order chi connectivity index (χ1) is 8.38. The predicted molar refractivity (Wildman–Crippen MR) is 69.8 cm³/mol. The topological polar surface area (TPSA) is 50.7 Å². The Bertz CT molecular complexity index is 475. The molecule has 0 aliphatic carbocycles. The number of benzene rings is 2. The van der Waals surface area contributed by atoms with Crippen LogP contribution in [0.5, 0.6) is 0 Å². The first-order valence-electron chi connectivity index (χ1n) is 5.64. The maximum atomic E-state index is 5.49. The van der Waals surface area contributed by atoms with Crippen molar-refractivity contribution in [3.05, 3.63) is 60.2 Å². The van der Waals surface area contributed by atoms with E-state index in [-0.39, 0.29) is 0 Å². The second kappa shape index (κ2) is 5.92. The molecule has 0 fully saturated rings. The molecule has 0 heterocycles. The van der Waals surface area contributed by atoms with Crippen molar-refractivity contribution in [1.29, 1.82) is 0 Å². The third-order valence-corrected chi connectivity index (χ3v) is 2.41. The summed E-state index contributed by atoms with van der Waals surface area (Å²) in [4.78, 5) is 0. The Balaban J connectivity index is 2.06. The number of hydrogen-bond donors (Lipinski definition) is 1. The van der Waals surface area contributed by atoms with Gasteiger partial charge in [-0.05, 0) is 42.8 Å². The van der Waals surface area contributed by atoms with Crippen molar-refractivity contribution in [2.45, 2.75) is 6.42 Å². The minimum atomic E-state index is 0.672. The summed E-state index contributed by atoms with van der Waals surface area (Å²) in [6, 6.07) is 17.7. The van der Waals surface area contributed by atoms with Crippen LogP contribution < -0.4 is 5.73 Å². The molecule has 0 aliphatic rings. The number of nitrogens with zero attached hydrogens (tertiary/aromatic N) is 2. The molecule has 0 unspecified atom stereocenters. The fraction of sp³-hybridized carbons (Fsp3) is 0.143. The first-order valence-corrected chi connectivity index (χ1v) is 5.64. The number of azo groups is 1. The van der Waals surface area contributed by atoms with E-state index in [1.807, 2.05) is 54.6 Å². The standard InChI is InChI=1S/C14H15N3/c15-11-10-12-6-8-14(9-7-12)17-16-13-4-2-1-3-5-13/h1-9H,10-11,15H2. The average molecular weight is 225 g/mol. The summed E-state index contributed by atoms with van der Waals surface area (Å²) in [6.07, 6.45) is 0.899. The van der Waals surface area contributed by atoms with E-state index in [2.05, 4.69) is 10.2 Å². The van der Waals surface area contributed by atoms with Crippen LogP contribution in [-0.4, -0.2) is 6.54 Å². The fourth-order valence-electron chi connectivity index (χ4n) is 1.51. The highest BCUT2D eigenvalue weighted by atomic mass is 15.1. The van der Waals surface area contributed by atoms with E-state index in [1.54, 1.807) is 0 Å². The van der Waals surface area contributed by atoms with Gasteiger partial charge in [0, 0.05) is 0 Å². The fourth-order valence-corrected chi connectivity index (χ4v) is 1.51. The van der Waals surface area contributed by atoms with Crippen molar-refractivity contribution in [2.24, 2.45) is 16.0 Å². The number of hydrogen-bond acceptors (Lipinski definition) is 3. The van der Waals surface area contributed by atoms with Gasteiger partial charge in [-0.3, -0.25) is 0 Å². The van der Waals surface area contributed by atoms with Crippen LogP contribution in [0.25, 0.3) is 0 Å². The first kappa shape index (κ1) is 11.5. The van der Waals surface area contributed by atoms with E-state index in [0.717, 1.165) is 17.8 Å².